The van der Waals surface area contributed by atoms with Gasteiger partial charge in [-0.25, -0.2) is 9.97 Å². The normalized spacial score (nSPS) is 23.1. The second-order valence-electron chi connectivity index (χ2n) is 6.99. The Morgan fingerprint density at radius 1 is 1.38 bits per heavy atom. The van der Waals surface area contributed by atoms with Crippen LogP contribution in [0.15, 0.2) is 0 Å². The Kier molecular flexibility index (Phi) is 4.70. The highest BCUT2D eigenvalue weighted by Crippen LogP contribution is 2.38. The van der Waals surface area contributed by atoms with Crippen LogP contribution in [0, 0.1) is 17.2 Å². The molecule has 1 aromatic heterocycles. The summed E-state index contributed by atoms with van der Waals surface area (Å²) in [7, 11) is 0. The molecule has 0 radical (unpaired) electrons. The molecule has 2 aliphatic heterocycles. The van der Waals surface area contributed by atoms with E-state index < -0.39 is 6.04 Å². The molecule has 24 heavy (non-hydrogen) atoms. The monoisotopic (exact) mass is 327 g/mol. The number of nitrogens with one attached hydrogen (secondary N) is 1. The second kappa shape index (κ2) is 6.76. The summed E-state index contributed by atoms with van der Waals surface area (Å²) in [5, 5.41) is 12.5. The number of fused-ring (bicyclic) bond motifs is 3. The lowest BCUT2D eigenvalue weighted by Crippen LogP contribution is -2.52. The van der Waals surface area contributed by atoms with Gasteiger partial charge in [-0.3, -0.25) is 4.79 Å². The molecule has 6 heteroatoms. The number of amides is 1. The molecule has 0 aromatic carbocycles. The smallest absolute Gasteiger partial charge is 0.248 e. The third kappa shape index (κ3) is 2.83. The molecule has 0 aliphatic carbocycles. The Morgan fingerprint density at radius 3 is 2.83 bits per heavy atom. The molecular formula is C18H25N5O. The van der Waals surface area contributed by atoms with Crippen molar-refractivity contribution in [1.82, 2.24) is 9.97 Å². The van der Waals surface area contributed by atoms with Gasteiger partial charge in [0.1, 0.15) is 17.6 Å². The van der Waals surface area contributed by atoms with Gasteiger partial charge in [-0.1, -0.05) is 33.6 Å². The maximum atomic E-state index is 12.7. The van der Waals surface area contributed by atoms with Crippen molar-refractivity contribution in [2.45, 2.75) is 64.8 Å². The van der Waals surface area contributed by atoms with E-state index in [-0.39, 0.29) is 17.7 Å². The number of anilines is 2. The minimum absolute atomic E-state index is 0.0887. The van der Waals surface area contributed by atoms with Crippen LogP contribution in [-0.4, -0.2) is 28.5 Å². The summed E-state index contributed by atoms with van der Waals surface area (Å²) in [5.74, 6) is 1.47. The Morgan fingerprint density at radius 2 is 2.17 bits per heavy atom. The van der Waals surface area contributed by atoms with E-state index in [0.717, 1.165) is 61.7 Å². The van der Waals surface area contributed by atoms with E-state index >= 15 is 0 Å². The van der Waals surface area contributed by atoms with Gasteiger partial charge in [0.15, 0.2) is 5.82 Å². The van der Waals surface area contributed by atoms with Crippen LogP contribution in [0.2, 0.25) is 0 Å². The van der Waals surface area contributed by atoms with Crippen LogP contribution in [0.25, 0.3) is 0 Å². The van der Waals surface area contributed by atoms with E-state index in [0.29, 0.717) is 0 Å². The van der Waals surface area contributed by atoms with Crippen LogP contribution in [0.3, 0.4) is 0 Å². The van der Waals surface area contributed by atoms with E-state index in [4.69, 9.17) is 9.97 Å². The molecular weight excluding hydrogens is 302 g/mol. The molecule has 1 N–H and O–H groups in total. The van der Waals surface area contributed by atoms with Gasteiger partial charge in [0.25, 0.3) is 0 Å². The van der Waals surface area contributed by atoms with Gasteiger partial charge in [-0.2, -0.15) is 5.26 Å². The van der Waals surface area contributed by atoms with Crippen molar-refractivity contribution in [3.05, 3.63) is 11.5 Å². The van der Waals surface area contributed by atoms with Crippen molar-refractivity contribution >= 4 is 17.4 Å². The van der Waals surface area contributed by atoms with Crippen LogP contribution in [0.1, 0.15) is 63.9 Å². The lowest BCUT2D eigenvalue weighted by molar-refractivity contribution is -0.118. The molecule has 1 amide bonds. The molecule has 0 bridgehead atoms. The van der Waals surface area contributed by atoms with Gasteiger partial charge in [-0.15, -0.1) is 0 Å². The number of aromatic nitrogens is 2. The van der Waals surface area contributed by atoms with Crippen LogP contribution >= 0.6 is 0 Å². The number of hydrogen-bond acceptors (Lipinski definition) is 5. The third-order valence-corrected chi connectivity index (χ3v) is 4.82. The SMILES string of the molecule is CCCc1nc(C(C)C)nc2c1NC(=O)C1C(C#N)CCCCN21. The predicted molar refractivity (Wildman–Crippen MR) is 92.8 cm³/mol. The Hall–Kier alpha value is -2.16. The second-order valence-corrected chi connectivity index (χ2v) is 6.99. The molecule has 6 nitrogen and oxygen atoms in total. The molecule has 3 rings (SSSR count). The first-order valence-electron chi connectivity index (χ1n) is 8.94. The highest BCUT2D eigenvalue weighted by atomic mass is 16.2. The van der Waals surface area contributed by atoms with Crippen molar-refractivity contribution in [2.75, 3.05) is 16.8 Å². The number of nitriles is 1. The van der Waals surface area contributed by atoms with Crippen molar-refractivity contribution in [3.63, 3.8) is 0 Å². The molecule has 0 spiro atoms. The molecule has 1 saturated heterocycles. The Labute approximate surface area is 143 Å². The van der Waals surface area contributed by atoms with Crippen molar-refractivity contribution in [3.8, 4) is 6.07 Å². The largest absolute Gasteiger partial charge is 0.341 e. The van der Waals surface area contributed by atoms with Gasteiger partial charge in [0, 0.05) is 12.5 Å². The molecule has 3 heterocycles. The quantitative estimate of drug-likeness (QED) is 0.923. The summed E-state index contributed by atoms with van der Waals surface area (Å²) in [4.78, 5) is 24.3. The maximum Gasteiger partial charge on any atom is 0.248 e. The summed E-state index contributed by atoms with van der Waals surface area (Å²) in [6, 6.07) is 1.90. The highest BCUT2D eigenvalue weighted by Gasteiger charge is 2.41. The van der Waals surface area contributed by atoms with Crippen molar-refractivity contribution < 1.29 is 4.79 Å². The average Bonchev–Trinajstić information content (AvgIpc) is 2.78. The Balaban J connectivity index is 2.14. The van der Waals surface area contributed by atoms with Crippen LogP contribution in [0.4, 0.5) is 11.5 Å². The Bertz CT molecular complexity index is 679. The highest BCUT2D eigenvalue weighted by molar-refractivity contribution is 6.03. The first-order chi connectivity index (χ1) is 11.6. The number of aryl methyl sites for hydroxylation is 1. The zero-order valence-corrected chi connectivity index (χ0v) is 14.7. The average molecular weight is 327 g/mol. The van der Waals surface area contributed by atoms with Crippen LogP contribution in [0.5, 0.6) is 0 Å². The summed E-state index contributed by atoms with van der Waals surface area (Å²) in [6.45, 7) is 7.03. The number of hydrogen-bond donors (Lipinski definition) is 1. The molecule has 2 aliphatic rings. The molecule has 1 aromatic rings. The van der Waals surface area contributed by atoms with E-state index in [1.54, 1.807) is 0 Å². The molecule has 128 valence electrons. The minimum Gasteiger partial charge on any atom is -0.341 e. The zero-order chi connectivity index (χ0) is 17.3. The third-order valence-electron chi connectivity index (χ3n) is 4.82. The summed E-state index contributed by atoms with van der Waals surface area (Å²) in [5.41, 5.74) is 1.66. The van der Waals surface area contributed by atoms with E-state index in [1.165, 1.54) is 0 Å². The standard InChI is InChI=1S/C18H25N5O/c1-4-7-13-14-17(22-16(20-13)11(2)3)23-9-6-5-8-12(10-19)15(23)18(24)21-14/h11-12,15H,4-9H2,1-3H3,(H,21,24). The number of nitrogens with zero attached hydrogens (tertiary/aromatic N) is 4. The molecule has 1 fully saturated rings. The molecule has 0 saturated carbocycles. The van der Waals surface area contributed by atoms with E-state index in [1.807, 2.05) is 0 Å². The minimum atomic E-state index is -0.436. The first-order valence-corrected chi connectivity index (χ1v) is 8.94. The zero-order valence-electron chi connectivity index (χ0n) is 14.7. The lowest BCUT2D eigenvalue weighted by Gasteiger charge is -2.38. The number of rotatable bonds is 3. The van der Waals surface area contributed by atoms with E-state index in [2.05, 4.69) is 37.1 Å². The summed E-state index contributed by atoms with van der Waals surface area (Å²) in [6.07, 6.45) is 4.49. The fraction of sp³-hybridized carbons (Fsp3) is 0.667. The van der Waals surface area contributed by atoms with Crippen LogP contribution < -0.4 is 10.2 Å². The maximum absolute atomic E-state index is 12.7. The topological polar surface area (TPSA) is 81.9 Å². The fourth-order valence-corrected chi connectivity index (χ4v) is 3.58. The molecule has 2 unspecified atom stereocenters. The summed E-state index contributed by atoms with van der Waals surface area (Å²) < 4.78 is 0. The summed E-state index contributed by atoms with van der Waals surface area (Å²) >= 11 is 0. The predicted octanol–water partition coefficient (Wildman–Crippen LogP) is 3.00. The van der Waals surface area contributed by atoms with Gasteiger partial charge in [0.05, 0.1) is 17.7 Å². The van der Waals surface area contributed by atoms with E-state index in [9.17, 15) is 10.1 Å². The number of carbonyl (C=O) groups excluding carboxylic acids is 1. The fourth-order valence-electron chi connectivity index (χ4n) is 3.58. The van der Waals surface area contributed by atoms with Crippen molar-refractivity contribution in [1.29, 1.82) is 5.26 Å². The van der Waals surface area contributed by atoms with Gasteiger partial charge < -0.3 is 10.2 Å². The van der Waals surface area contributed by atoms with Gasteiger partial charge in [0.2, 0.25) is 5.91 Å². The lowest BCUT2D eigenvalue weighted by atomic mass is 9.94. The van der Waals surface area contributed by atoms with Gasteiger partial charge >= 0.3 is 0 Å². The number of carbonyl (C=O) groups is 1. The van der Waals surface area contributed by atoms with Crippen LogP contribution in [-0.2, 0) is 11.2 Å². The van der Waals surface area contributed by atoms with Gasteiger partial charge in [-0.05, 0) is 19.3 Å². The first kappa shape index (κ1) is 16.7. The van der Waals surface area contributed by atoms with Crippen molar-refractivity contribution in [2.24, 2.45) is 5.92 Å². The molecule has 2 atom stereocenters.